The molecule has 72 valence electrons. The number of phenolic OH excluding ortho intramolecular Hbond substituents is 1. The number of hydrogen-bond acceptors (Lipinski definition) is 3. The second-order valence-corrected chi connectivity index (χ2v) is 2.83. The number of aromatic hydroxyl groups is 1. The molecule has 0 aromatic heterocycles. The molecule has 0 aliphatic heterocycles. The minimum Gasteiger partial charge on any atom is -0.506 e. The van der Waals surface area contributed by atoms with E-state index in [4.69, 9.17) is 16.7 Å². The maximum atomic E-state index is 13.0. The third-order valence-corrected chi connectivity index (χ3v) is 1.83. The molecule has 0 aliphatic carbocycles. The first-order valence-electron chi connectivity index (χ1n) is 3.58. The van der Waals surface area contributed by atoms with Crippen LogP contribution in [0, 0.1) is 5.82 Å². The number of nitrogens with one attached hydrogen (secondary N) is 1. The van der Waals surface area contributed by atoms with Crippen LogP contribution in [0.2, 0.25) is 5.02 Å². The molecule has 0 bridgehead atoms. The van der Waals surface area contributed by atoms with Crippen LogP contribution in [0.4, 0.5) is 4.39 Å². The monoisotopic (exact) mass is 205 g/mol. The highest BCUT2D eigenvalue weighted by molar-refractivity contribution is 6.32. The number of phenols is 1. The van der Waals surface area contributed by atoms with Gasteiger partial charge >= 0.3 is 0 Å². The lowest BCUT2D eigenvalue weighted by molar-refractivity contribution is 0.0859. The van der Waals surface area contributed by atoms with Crippen molar-refractivity contribution in [2.45, 2.75) is 6.54 Å². The van der Waals surface area contributed by atoms with Crippen LogP contribution in [0.3, 0.4) is 0 Å². The van der Waals surface area contributed by atoms with E-state index in [2.05, 4.69) is 10.3 Å². The summed E-state index contributed by atoms with van der Waals surface area (Å²) < 4.78 is 13.0. The number of hydrogen-bond donors (Lipinski definition) is 2. The molecule has 0 saturated carbocycles. The molecule has 0 spiro atoms. The molecule has 1 rings (SSSR count). The van der Waals surface area contributed by atoms with Crippen molar-refractivity contribution < 1.29 is 14.3 Å². The Bertz CT molecular complexity index is 306. The Kier molecular flexibility index (Phi) is 3.48. The first-order valence-corrected chi connectivity index (χ1v) is 3.95. The number of halogens is 2. The van der Waals surface area contributed by atoms with Crippen molar-refractivity contribution in [2.75, 3.05) is 7.11 Å². The zero-order valence-corrected chi connectivity index (χ0v) is 7.73. The summed E-state index contributed by atoms with van der Waals surface area (Å²) in [6, 6.07) is 2.31. The maximum absolute atomic E-state index is 13.0. The van der Waals surface area contributed by atoms with E-state index in [9.17, 15) is 4.39 Å². The first kappa shape index (κ1) is 10.2. The van der Waals surface area contributed by atoms with Crippen molar-refractivity contribution >= 4 is 11.6 Å². The van der Waals surface area contributed by atoms with Crippen molar-refractivity contribution in [3.63, 3.8) is 0 Å². The van der Waals surface area contributed by atoms with Gasteiger partial charge in [-0.05, 0) is 6.07 Å². The van der Waals surface area contributed by atoms with Crippen LogP contribution in [-0.4, -0.2) is 12.2 Å². The van der Waals surface area contributed by atoms with Crippen LogP contribution in [-0.2, 0) is 11.4 Å². The molecule has 2 N–H and O–H groups in total. The summed E-state index contributed by atoms with van der Waals surface area (Å²) in [5.74, 6) is -0.785. The average Bonchev–Trinajstić information content (AvgIpc) is 2.09. The smallest absolute Gasteiger partial charge is 0.137 e. The van der Waals surface area contributed by atoms with Crippen molar-refractivity contribution in [1.29, 1.82) is 0 Å². The van der Waals surface area contributed by atoms with Gasteiger partial charge in [-0.25, -0.2) is 4.39 Å². The third kappa shape index (κ3) is 2.55. The van der Waals surface area contributed by atoms with E-state index in [-0.39, 0.29) is 17.3 Å². The van der Waals surface area contributed by atoms with Gasteiger partial charge in [0.15, 0.2) is 0 Å². The lowest BCUT2D eigenvalue weighted by Gasteiger charge is -2.05. The zero-order valence-electron chi connectivity index (χ0n) is 6.97. The first-order chi connectivity index (χ1) is 6.15. The summed E-state index contributed by atoms with van der Waals surface area (Å²) in [7, 11) is 1.43. The topological polar surface area (TPSA) is 41.5 Å². The molecule has 0 aliphatic rings. The Hall–Kier alpha value is -0.840. The largest absolute Gasteiger partial charge is 0.506 e. The van der Waals surface area contributed by atoms with Gasteiger partial charge in [0.1, 0.15) is 11.6 Å². The summed E-state index contributed by atoms with van der Waals surface area (Å²) in [4.78, 5) is 4.55. The molecule has 0 amide bonds. The molecule has 0 saturated heterocycles. The second-order valence-electron chi connectivity index (χ2n) is 2.42. The van der Waals surface area contributed by atoms with Gasteiger partial charge in [-0.1, -0.05) is 11.6 Å². The fourth-order valence-corrected chi connectivity index (χ4v) is 1.05. The molecule has 0 heterocycles. The summed E-state index contributed by atoms with van der Waals surface area (Å²) in [6.45, 7) is 0.197. The second kappa shape index (κ2) is 4.41. The van der Waals surface area contributed by atoms with Gasteiger partial charge < -0.3 is 9.94 Å². The van der Waals surface area contributed by atoms with E-state index in [1.807, 2.05) is 0 Å². The highest BCUT2D eigenvalue weighted by atomic mass is 35.5. The summed E-state index contributed by atoms with van der Waals surface area (Å²) in [5, 5.41) is 9.15. The molecule has 0 radical (unpaired) electrons. The van der Waals surface area contributed by atoms with Crippen LogP contribution >= 0.6 is 11.6 Å². The van der Waals surface area contributed by atoms with Gasteiger partial charge in [-0.15, -0.1) is 0 Å². The molecule has 1 aromatic carbocycles. The quantitative estimate of drug-likeness (QED) is 0.740. The van der Waals surface area contributed by atoms with Crippen molar-refractivity contribution in [1.82, 2.24) is 5.48 Å². The van der Waals surface area contributed by atoms with Crippen molar-refractivity contribution in [2.24, 2.45) is 0 Å². The number of hydroxylamine groups is 1. The average molecular weight is 206 g/mol. The number of rotatable bonds is 3. The molecule has 0 fully saturated rings. The Labute approximate surface area is 80.0 Å². The Morgan fingerprint density at radius 3 is 2.92 bits per heavy atom. The van der Waals surface area contributed by atoms with Gasteiger partial charge in [-0.3, -0.25) is 0 Å². The van der Waals surface area contributed by atoms with Crippen LogP contribution < -0.4 is 5.48 Å². The predicted molar refractivity (Wildman–Crippen MR) is 46.9 cm³/mol. The van der Waals surface area contributed by atoms with Crippen LogP contribution in [0.15, 0.2) is 12.1 Å². The standard InChI is InChI=1S/C8H9ClFNO2/c1-13-11-4-5-2-6(9)8(12)3-7(5)10/h2-3,11-12H,4H2,1H3. The van der Waals surface area contributed by atoms with E-state index in [1.165, 1.54) is 13.2 Å². The minimum absolute atomic E-state index is 0.120. The van der Waals surface area contributed by atoms with E-state index < -0.39 is 5.82 Å². The highest BCUT2D eigenvalue weighted by Crippen LogP contribution is 2.26. The highest BCUT2D eigenvalue weighted by Gasteiger charge is 2.06. The Balaban J connectivity index is 2.88. The third-order valence-electron chi connectivity index (χ3n) is 1.52. The van der Waals surface area contributed by atoms with Crippen LogP contribution in [0.1, 0.15) is 5.56 Å². The van der Waals surface area contributed by atoms with E-state index in [1.54, 1.807) is 0 Å². The molecular weight excluding hydrogens is 197 g/mol. The van der Waals surface area contributed by atoms with Crippen molar-refractivity contribution in [3.05, 3.63) is 28.5 Å². The molecular formula is C8H9ClFNO2. The lowest BCUT2D eigenvalue weighted by Crippen LogP contribution is -2.11. The molecule has 5 heteroatoms. The fraction of sp³-hybridized carbons (Fsp3) is 0.250. The fourth-order valence-electron chi connectivity index (χ4n) is 0.863. The summed E-state index contributed by atoms with van der Waals surface area (Å²) in [6.07, 6.45) is 0. The van der Waals surface area contributed by atoms with Gasteiger partial charge in [0.05, 0.1) is 12.1 Å². The van der Waals surface area contributed by atoms with Crippen LogP contribution in [0.25, 0.3) is 0 Å². The molecule has 3 nitrogen and oxygen atoms in total. The maximum Gasteiger partial charge on any atom is 0.137 e. The van der Waals surface area contributed by atoms with Gasteiger partial charge in [0, 0.05) is 18.2 Å². The van der Waals surface area contributed by atoms with Gasteiger partial charge in [-0.2, -0.15) is 5.48 Å². The Morgan fingerprint density at radius 2 is 2.31 bits per heavy atom. The Morgan fingerprint density at radius 1 is 1.62 bits per heavy atom. The lowest BCUT2D eigenvalue weighted by atomic mass is 10.2. The predicted octanol–water partition coefficient (Wildman–Crippen LogP) is 1.84. The summed E-state index contributed by atoms with van der Waals surface area (Å²) in [5.41, 5.74) is 2.81. The number of benzene rings is 1. The van der Waals surface area contributed by atoms with Gasteiger partial charge in [0.2, 0.25) is 0 Å². The SMILES string of the molecule is CONCc1cc(Cl)c(O)cc1F. The van der Waals surface area contributed by atoms with E-state index in [0.717, 1.165) is 6.07 Å². The van der Waals surface area contributed by atoms with Crippen molar-refractivity contribution in [3.8, 4) is 5.75 Å². The molecule has 0 unspecified atom stereocenters. The molecule has 1 aromatic rings. The zero-order chi connectivity index (χ0) is 9.84. The normalized spacial score (nSPS) is 10.4. The van der Waals surface area contributed by atoms with Crippen LogP contribution in [0.5, 0.6) is 5.75 Å². The molecule has 13 heavy (non-hydrogen) atoms. The van der Waals surface area contributed by atoms with E-state index in [0.29, 0.717) is 5.56 Å². The minimum atomic E-state index is -0.522. The van der Waals surface area contributed by atoms with E-state index >= 15 is 0 Å². The van der Waals surface area contributed by atoms with Gasteiger partial charge in [0.25, 0.3) is 0 Å². The molecule has 0 atom stereocenters. The summed E-state index contributed by atoms with van der Waals surface area (Å²) >= 11 is 5.58.